The summed E-state index contributed by atoms with van der Waals surface area (Å²) >= 11 is 0. The fourth-order valence-corrected chi connectivity index (χ4v) is 1.86. The molecule has 1 aliphatic rings. The second-order valence-corrected chi connectivity index (χ2v) is 4.29. The Morgan fingerprint density at radius 2 is 1.88 bits per heavy atom. The van der Waals surface area contributed by atoms with Crippen LogP contribution in [0.5, 0.6) is 0 Å². The Hall–Kier alpha value is -1.52. The van der Waals surface area contributed by atoms with Gasteiger partial charge in [-0.3, -0.25) is 9.59 Å². The van der Waals surface area contributed by atoms with Gasteiger partial charge >= 0.3 is 0 Å². The van der Waals surface area contributed by atoms with Crippen LogP contribution >= 0.6 is 0 Å². The molecule has 4 nitrogen and oxygen atoms in total. The first kappa shape index (κ1) is 11.0. The zero-order valence-electron chi connectivity index (χ0n) is 9.02. The van der Waals surface area contributed by atoms with Crippen LogP contribution in [0.4, 0.5) is 0 Å². The number of Topliss-reactive ketones (excluding diaryl/α,β-unsaturated/α-hetero) is 2. The largest absolute Gasteiger partial charge is 0.381 e. The number of carbonyl (C=O) groups excluding carboxylic acids is 2. The van der Waals surface area contributed by atoms with Crippen molar-refractivity contribution in [1.82, 2.24) is 0 Å². The van der Waals surface area contributed by atoms with Gasteiger partial charge in [0.05, 0.1) is 0 Å². The Bertz CT molecular complexity index is 488. The molecule has 2 atom stereocenters. The molecule has 0 spiro atoms. The molecule has 0 bridgehead atoms. The van der Waals surface area contributed by atoms with E-state index in [-0.39, 0.29) is 11.1 Å². The average molecular weight is 220 g/mol. The van der Waals surface area contributed by atoms with E-state index in [9.17, 15) is 19.8 Å². The highest BCUT2D eigenvalue weighted by atomic mass is 16.4. The molecular weight excluding hydrogens is 208 g/mol. The fraction of sp³-hybridized carbons (Fsp3) is 0.333. The lowest BCUT2D eigenvalue weighted by atomic mass is 9.77. The molecule has 0 saturated carbocycles. The number of aliphatic hydroxyl groups is 2. The maximum atomic E-state index is 11.9. The molecule has 16 heavy (non-hydrogen) atoms. The van der Waals surface area contributed by atoms with E-state index in [2.05, 4.69) is 0 Å². The Kier molecular flexibility index (Phi) is 2.22. The average Bonchev–Trinajstić information content (AvgIpc) is 2.24. The molecule has 0 saturated heterocycles. The summed E-state index contributed by atoms with van der Waals surface area (Å²) in [5.74, 6) is -1.22. The first-order chi connectivity index (χ1) is 7.35. The molecule has 0 heterocycles. The van der Waals surface area contributed by atoms with Crippen molar-refractivity contribution in [3.05, 3.63) is 34.9 Å². The molecule has 2 N–H and O–H groups in total. The summed E-state index contributed by atoms with van der Waals surface area (Å²) in [5, 5.41) is 19.4. The Balaban J connectivity index is 2.70. The van der Waals surface area contributed by atoms with E-state index in [1.807, 2.05) is 0 Å². The first-order valence-corrected chi connectivity index (χ1v) is 4.96. The SMILES string of the molecule is Cc1ccc2c(c1)C(=O)[C@@](C)(O)[C@@H](O)C2=O. The fourth-order valence-electron chi connectivity index (χ4n) is 1.86. The summed E-state index contributed by atoms with van der Waals surface area (Å²) < 4.78 is 0. The predicted octanol–water partition coefficient (Wildman–Crippen LogP) is 0.486. The number of fused-ring (bicyclic) bond motifs is 1. The third-order valence-electron chi connectivity index (χ3n) is 2.93. The third kappa shape index (κ3) is 1.31. The van der Waals surface area contributed by atoms with E-state index in [0.29, 0.717) is 0 Å². The van der Waals surface area contributed by atoms with Gasteiger partial charge < -0.3 is 10.2 Å². The van der Waals surface area contributed by atoms with Crippen molar-refractivity contribution in [2.24, 2.45) is 0 Å². The van der Waals surface area contributed by atoms with Crippen molar-refractivity contribution < 1.29 is 19.8 Å². The van der Waals surface area contributed by atoms with Gasteiger partial charge in [0.1, 0.15) is 0 Å². The Labute approximate surface area is 92.5 Å². The lowest BCUT2D eigenvalue weighted by molar-refractivity contribution is -0.0306. The number of hydrogen-bond acceptors (Lipinski definition) is 4. The van der Waals surface area contributed by atoms with Crippen molar-refractivity contribution in [3.8, 4) is 0 Å². The highest BCUT2D eigenvalue weighted by Crippen LogP contribution is 2.29. The molecule has 84 valence electrons. The van der Waals surface area contributed by atoms with E-state index in [1.165, 1.54) is 6.07 Å². The monoisotopic (exact) mass is 220 g/mol. The van der Waals surface area contributed by atoms with Crippen LogP contribution in [0.1, 0.15) is 33.2 Å². The normalized spacial score (nSPS) is 29.1. The molecular formula is C12H12O4. The number of benzene rings is 1. The third-order valence-corrected chi connectivity index (χ3v) is 2.93. The van der Waals surface area contributed by atoms with Crippen molar-refractivity contribution >= 4 is 11.6 Å². The van der Waals surface area contributed by atoms with E-state index in [1.54, 1.807) is 19.1 Å². The highest BCUT2D eigenvalue weighted by molar-refractivity contribution is 6.19. The van der Waals surface area contributed by atoms with Gasteiger partial charge in [-0.15, -0.1) is 0 Å². The van der Waals surface area contributed by atoms with Crippen molar-refractivity contribution in [1.29, 1.82) is 0 Å². The van der Waals surface area contributed by atoms with Crippen molar-refractivity contribution in [2.75, 3.05) is 0 Å². The summed E-state index contributed by atoms with van der Waals surface area (Å²) in [7, 11) is 0. The van der Waals surface area contributed by atoms with Gasteiger partial charge in [-0.1, -0.05) is 17.7 Å². The number of aliphatic hydroxyl groups excluding tert-OH is 1. The van der Waals surface area contributed by atoms with Crippen LogP contribution in [0.3, 0.4) is 0 Å². The minimum atomic E-state index is -2.03. The molecule has 1 aliphatic carbocycles. The molecule has 4 heteroatoms. The van der Waals surface area contributed by atoms with Gasteiger partial charge in [-0.25, -0.2) is 0 Å². The molecule has 1 aromatic rings. The lowest BCUT2D eigenvalue weighted by Gasteiger charge is -2.32. The van der Waals surface area contributed by atoms with Crippen LogP contribution in [-0.4, -0.2) is 33.5 Å². The first-order valence-electron chi connectivity index (χ1n) is 4.96. The highest BCUT2D eigenvalue weighted by Gasteiger charge is 2.48. The molecule has 0 radical (unpaired) electrons. The maximum Gasteiger partial charge on any atom is 0.197 e. The summed E-state index contributed by atoms with van der Waals surface area (Å²) in [6.45, 7) is 2.95. The zero-order chi connectivity index (χ0) is 12.1. The molecule has 0 fully saturated rings. The molecule has 0 amide bonds. The predicted molar refractivity (Wildman–Crippen MR) is 56.5 cm³/mol. The summed E-state index contributed by atoms with van der Waals surface area (Å²) in [4.78, 5) is 23.6. The van der Waals surface area contributed by atoms with E-state index in [4.69, 9.17) is 0 Å². The summed E-state index contributed by atoms with van der Waals surface area (Å²) in [5.41, 5.74) is -0.847. The second-order valence-electron chi connectivity index (χ2n) is 4.29. The van der Waals surface area contributed by atoms with Gasteiger partial charge in [0.15, 0.2) is 23.3 Å². The van der Waals surface area contributed by atoms with Crippen LogP contribution in [0.2, 0.25) is 0 Å². The molecule has 0 aromatic heterocycles. The van der Waals surface area contributed by atoms with Crippen LogP contribution in [0.25, 0.3) is 0 Å². The summed E-state index contributed by atoms with van der Waals surface area (Å²) in [6.07, 6.45) is -1.68. The maximum absolute atomic E-state index is 11.9. The second kappa shape index (κ2) is 3.23. The summed E-state index contributed by atoms with van der Waals surface area (Å²) in [6, 6.07) is 4.75. The number of aryl methyl sites for hydroxylation is 1. The number of carbonyl (C=O) groups is 2. The van der Waals surface area contributed by atoms with Gasteiger partial charge in [0, 0.05) is 11.1 Å². The number of rotatable bonds is 0. The lowest BCUT2D eigenvalue weighted by Crippen LogP contribution is -2.54. The molecule has 0 aliphatic heterocycles. The van der Waals surface area contributed by atoms with Crippen LogP contribution in [0, 0.1) is 6.92 Å². The minimum absolute atomic E-state index is 0.176. The van der Waals surface area contributed by atoms with Crippen molar-refractivity contribution in [2.45, 2.75) is 25.6 Å². The molecule has 0 unspecified atom stereocenters. The molecule has 1 aromatic carbocycles. The van der Waals surface area contributed by atoms with Gasteiger partial charge in [-0.2, -0.15) is 0 Å². The minimum Gasteiger partial charge on any atom is -0.381 e. The molecule has 2 rings (SSSR count). The smallest absolute Gasteiger partial charge is 0.197 e. The standard InChI is InChI=1S/C12H12O4/c1-6-3-4-7-8(5-6)10(14)12(2,16)11(15)9(7)13/h3-5,11,15-16H,1-2H3/t11-,12+/m0/s1. The number of hydrogen-bond donors (Lipinski definition) is 2. The zero-order valence-corrected chi connectivity index (χ0v) is 9.02. The quantitative estimate of drug-likeness (QED) is 0.667. The van der Waals surface area contributed by atoms with Gasteiger partial charge in [-0.05, 0) is 19.9 Å². The van der Waals surface area contributed by atoms with Crippen molar-refractivity contribution in [3.63, 3.8) is 0 Å². The van der Waals surface area contributed by atoms with Crippen LogP contribution in [-0.2, 0) is 0 Å². The van der Waals surface area contributed by atoms with E-state index in [0.717, 1.165) is 12.5 Å². The van der Waals surface area contributed by atoms with Gasteiger partial charge in [0.25, 0.3) is 0 Å². The van der Waals surface area contributed by atoms with Gasteiger partial charge in [0.2, 0.25) is 0 Å². The number of ketones is 2. The topological polar surface area (TPSA) is 74.6 Å². The Morgan fingerprint density at radius 1 is 1.25 bits per heavy atom. The van der Waals surface area contributed by atoms with E-state index < -0.39 is 23.3 Å². The van der Waals surface area contributed by atoms with Crippen LogP contribution < -0.4 is 0 Å². The Morgan fingerprint density at radius 3 is 2.50 bits per heavy atom. The van der Waals surface area contributed by atoms with E-state index >= 15 is 0 Å². The van der Waals surface area contributed by atoms with Crippen LogP contribution in [0.15, 0.2) is 18.2 Å².